The van der Waals surface area contributed by atoms with Gasteiger partial charge in [0.15, 0.2) is 5.79 Å². The number of carbonyl (C=O) groups is 1. The Morgan fingerprint density at radius 3 is 2.53 bits per heavy atom. The van der Waals surface area contributed by atoms with E-state index in [4.69, 9.17) is 9.47 Å². The van der Waals surface area contributed by atoms with Crippen LogP contribution >= 0.6 is 0 Å². The number of fused-ring (bicyclic) bond motifs is 7. The first-order valence-corrected chi connectivity index (χ1v) is 13.3. The molecule has 2 aliphatic heterocycles. The maximum Gasteiger partial charge on any atom is 0.195 e. The van der Waals surface area contributed by atoms with Gasteiger partial charge in [0, 0.05) is 30.3 Å². The molecule has 0 aromatic heterocycles. The number of ether oxygens (including phenoxy) is 2. The van der Waals surface area contributed by atoms with Gasteiger partial charge in [-0.15, -0.1) is 0 Å². The number of ketones is 1. The van der Waals surface area contributed by atoms with Crippen LogP contribution in [0.1, 0.15) is 79.1 Å². The Balaban J connectivity index is 1.30. The van der Waals surface area contributed by atoms with Crippen LogP contribution in [-0.2, 0) is 14.3 Å². The van der Waals surface area contributed by atoms with Gasteiger partial charge in [0.25, 0.3) is 0 Å². The van der Waals surface area contributed by atoms with E-state index in [0.29, 0.717) is 48.4 Å². The largest absolute Gasteiger partial charge is 0.393 e. The molecule has 6 fully saturated rings. The number of rotatable bonds is 1. The maximum atomic E-state index is 14.0. The molecular weight excluding hydrogens is 404 g/mol. The number of Topliss-reactive ketones (excluding diaryl/α,β-unsaturated/α-hetero) is 1. The molecule has 6 aliphatic rings. The molecule has 5 nitrogen and oxygen atoms in total. The summed E-state index contributed by atoms with van der Waals surface area (Å²) in [5, 5.41) is 21.9. The van der Waals surface area contributed by atoms with Crippen molar-refractivity contribution in [2.45, 2.75) is 103 Å². The highest BCUT2D eigenvalue weighted by atomic mass is 16.7. The molecule has 0 bridgehead atoms. The highest BCUT2D eigenvalue weighted by molar-refractivity contribution is 5.87. The van der Waals surface area contributed by atoms with E-state index >= 15 is 0 Å². The standard InChI is InChI=1S/C27H42O5/c1-14-9-23(31-13-14)27(30)15(2)24-21(32-27)11-20-18-6-5-16-10-17(28)7-8-25(16,3)19(18)12-22(29)26(20,24)4/h14-21,23-24,28,30H,5-13H2,1-4H3/t14-,15+,16-,17+,18-,19+,20+,21+,23-,24+,25+,26-,27+/m1/s1. The van der Waals surface area contributed by atoms with Gasteiger partial charge < -0.3 is 19.7 Å². The van der Waals surface area contributed by atoms with Gasteiger partial charge in [0.05, 0.1) is 12.2 Å². The highest BCUT2D eigenvalue weighted by Gasteiger charge is 2.72. The summed E-state index contributed by atoms with van der Waals surface area (Å²) >= 11 is 0. The van der Waals surface area contributed by atoms with Gasteiger partial charge in [-0.2, -0.15) is 0 Å². The molecule has 0 unspecified atom stereocenters. The van der Waals surface area contributed by atoms with Crippen molar-refractivity contribution in [3.05, 3.63) is 0 Å². The van der Waals surface area contributed by atoms with Crippen molar-refractivity contribution in [2.75, 3.05) is 6.61 Å². The van der Waals surface area contributed by atoms with Gasteiger partial charge in [0.1, 0.15) is 11.9 Å². The lowest BCUT2D eigenvalue weighted by Gasteiger charge is -2.60. The van der Waals surface area contributed by atoms with E-state index in [2.05, 4.69) is 27.7 Å². The summed E-state index contributed by atoms with van der Waals surface area (Å²) in [6, 6.07) is 0. The van der Waals surface area contributed by atoms with Gasteiger partial charge in [-0.3, -0.25) is 4.79 Å². The fraction of sp³-hybridized carbons (Fsp3) is 0.963. The van der Waals surface area contributed by atoms with Crippen molar-refractivity contribution >= 4 is 5.78 Å². The predicted molar refractivity (Wildman–Crippen MR) is 120 cm³/mol. The molecule has 32 heavy (non-hydrogen) atoms. The molecule has 5 heteroatoms. The van der Waals surface area contributed by atoms with Crippen molar-refractivity contribution in [3.63, 3.8) is 0 Å². The summed E-state index contributed by atoms with van der Waals surface area (Å²) in [5.74, 6) is 1.44. The predicted octanol–water partition coefficient (Wildman–Crippen LogP) is 3.94. The second kappa shape index (κ2) is 7.02. The molecule has 2 N–H and O–H groups in total. The Morgan fingerprint density at radius 1 is 1.03 bits per heavy atom. The lowest BCUT2D eigenvalue weighted by molar-refractivity contribution is -0.266. The van der Waals surface area contributed by atoms with Crippen LogP contribution in [0.25, 0.3) is 0 Å². The summed E-state index contributed by atoms with van der Waals surface area (Å²) in [6.07, 6.45) is 7.09. The van der Waals surface area contributed by atoms with Crippen LogP contribution in [0.4, 0.5) is 0 Å². The monoisotopic (exact) mass is 446 g/mol. The molecule has 13 atom stereocenters. The molecule has 0 radical (unpaired) electrons. The van der Waals surface area contributed by atoms with Crippen LogP contribution in [0.5, 0.6) is 0 Å². The van der Waals surface area contributed by atoms with Crippen molar-refractivity contribution < 1.29 is 24.5 Å². The normalized spacial score (nSPS) is 61.8. The zero-order valence-electron chi connectivity index (χ0n) is 20.3. The van der Waals surface area contributed by atoms with Gasteiger partial charge in [0.2, 0.25) is 0 Å². The molecule has 0 aromatic carbocycles. The number of hydrogen-bond acceptors (Lipinski definition) is 5. The quantitative estimate of drug-likeness (QED) is 0.638. The SMILES string of the molecule is C[C@H]1CO[C@@H]([C@@]2(O)O[C@H]3C[C@H]4[C@@H]5CC[C@@H]6C[C@@H](O)CC[C@]6(C)[C@H]5CC(=O)[C@]4(C)[C@H]3[C@@H]2C)C1. The summed E-state index contributed by atoms with van der Waals surface area (Å²) in [5.41, 5.74) is -0.227. The molecule has 2 heterocycles. The Labute approximate surface area is 192 Å². The minimum atomic E-state index is -1.27. The second-order valence-corrected chi connectivity index (χ2v) is 13.1. The zero-order valence-corrected chi connectivity index (χ0v) is 20.3. The fourth-order valence-corrected chi connectivity index (χ4v) is 10.00. The van der Waals surface area contributed by atoms with Crippen molar-refractivity contribution in [3.8, 4) is 0 Å². The van der Waals surface area contributed by atoms with E-state index in [1.54, 1.807) is 0 Å². The van der Waals surface area contributed by atoms with Crippen molar-refractivity contribution in [1.82, 2.24) is 0 Å². The molecule has 2 saturated heterocycles. The van der Waals surface area contributed by atoms with Gasteiger partial charge in [-0.25, -0.2) is 0 Å². The summed E-state index contributed by atoms with van der Waals surface area (Å²) in [6.45, 7) is 9.57. The topological polar surface area (TPSA) is 76.0 Å². The van der Waals surface area contributed by atoms with Crippen molar-refractivity contribution in [2.24, 2.45) is 52.3 Å². The minimum absolute atomic E-state index is 0.0501. The van der Waals surface area contributed by atoms with Gasteiger partial charge in [-0.05, 0) is 80.0 Å². The van der Waals surface area contributed by atoms with Gasteiger partial charge >= 0.3 is 0 Å². The molecule has 0 aromatic rings. The lowest BCUT2D eigenvalue weighted by atomic mass is 9.44. The second-order valence-electron chi connectivity index (χ2n) is 13.1. The third-order valence-corrected chi connectivity index (χ3v) is 11.8. The number of hydrogen-bond donors (Lipinski definition) is 2. The molecule has 0 spiro atoms. The maximum absolute atomic E-state index is 14.0. The van der Waals surface area contributed by atoms with E-state index in [0.717, 1.165) is 32.1 Å². The lowest BCUT2D eigenvalue weighted by Crippen LogP contribution is -2.58. The Morgan fingerprint density at radius 2 is 1.81 bits per heavy atom. The third kappa shape index (κ3) is 2.69. The first-order valence-electron chi connectivity index (χ1n) is 13.3. The van der Waals surface area contributed by atoms with Crippen LogP contribution in [-0.4, -0.2) is 46.7 Å². The number of carbonyl (C=O) groups excluding carboxylic acids is 1. The first kappa shape index (κ1) is 22.0. The van der Waals surface area contributed by atoms with Crippen LogP contribution < -0.4 is 0 Å². The molecule has 6 rings (SSSR count). The molecule has 0 amide bonds. The van der Waals surface area contributed by atoms with E-state index in [1.807, 2.05) is 0 Å². The molecular formula is C27H42O5. The molecule has 180 valence electrons. The summed E-state index contributed by atoms with van der Waals surface area (Å²) in [4.78, 5) is 14.0. The fourth-order valence-electron chi connectivity index (χ4n) is 10.00. The summed E-state index contributed by atoms with van der Waals surface area (Å²) < 4.78 is 12.5. The van der Waals surface area contributed by atoms with Crippen LogP contribution in [0.3, 0.4) is 0 Å². The highest BCUT2D eigenvalue weighted by Crippen LogP contribution is 2.70. The van der Waals surface area contributed by atoms with Crippen LogP contribution in [0, 0.1) is 52.3 Å². The smallest absolute Gasteiger partial charge is 0.195 e. The van der Waals surface area contributed by atoms with E-state index in [9.17, 15) is 15.0 Å². The average Bonchev–Trinajstić information content (AvgIpc) is 3.38. The number of aliphatic hydroxyl groups excluding tert-OH is 1. The third-order valence-electron chi connectivity index (χ3n) is 11.8. The summed E-state index contributed by atoms with van der Waals surface area (Å²) in [7, 11) is 0. The van der Waals surface area contributed by atoms with E-state index < -0.39 is 11.2 Å². The molecule has 4 aliphatic carbocycles. The zero-order chi connectivity index (χ0) is 22.6. The first-order chi connectivity index (χ1) is 15.1. The van der Waals surface area contributed by atoms with Crippen LogP contribution in [0.15, 0.2) is 0 Å². The van der Waals surface area contributed by atoms with E-state index in [-0.39, 0.29) is 35.6 Å². The minimum Gasteiger partial charge on any atom is -0.393 e. The van der Waals surface area contributed by atoms with Gasteiger partial charge in [-0.1, -0.05) is 27.7 Å². The Bertz CT molecular complexity index is 799. The van der Waals surface area contributed by atoms with Crippen molar-refractivity contribution in [1.29, 1.82) is 0 Å². The van der Waals surface area contributed by atoms with Crippen LogP contribution in [0.2, 0.25) is 0 Å². The Hall–Kier alpha value is -0.490. The number of aliphatic hydroxyl groups is 2. The van der Waals surface area contributed by atoms with E-state index in [1.165, 1.54) is 12.8 Å². The molecule has 4 saturated carbocycles. The Kier molecular flexibility index (Phi) is 4.83. The average molecular weight is 447 g/mol.